The molecule has 0 unspecified atom stereocenters. The number of carbonyl (C=O) groups is 1. The number of fused-ring (bicyclic) bond motifs is 2. The molecule has 0 aliphatic heterocycles. The molecule has 0 bridgehead atoms. The van der Waals surface area contributed by atoms with Crippen molar-refractivity contribution in [2.75, 3.05) is 0 Å². The normalized spacial score (nSPS) is 11.6. The zero-order valence-electron chi connectivity index (χ0n) is 22.3. The number of aromatic hydroxyl groups is 2. The summed E-state index contributed by atoms with van der Waals surface area (Å²) in [5.41, 5.74) is 5.72. The molecule has 4 aromatic carbocycles. The van der Waals surface area contributed by atoms with Gasteiger partial charge < -0.3 is 19.0 Å². The van der Waals surface area contributed by atoms with Crippen LogP contribution in [-0.2, 0) is 12.8 Å². The Hall–Kier alpha value is -2.85. The lowest BCUT2D eigenvalue weighted by molar-refractivity contribution is 0.103. The van der Waals surface area contributed by atoms with Gasteiger partial charge >= 0.3 is 0 Å². The molecule has 2 heterocycles. The monoisotopic (exact) mass is 814 g/mol. The van der Waals surface area contributed by atoms with Gasteiger partial charge in [0.2, 0.25) is 5.78 Å². The van der Waals surface area contributed by atoms with E-state index in [0.29, 0.717) is 75.3 Å². The van der Waals surface area contributed by atoms with E-state index < -0.39 is 0 Å². The SMILES string of the molecule is CCc1oc2ccc(-c3ccc(O)c(Br)c3Br)cc2c1C(=O)c1c(CC)oc2ccc(-c3ccc(O)c(Br)c3Br)cc12. The van der Waals surface area contributed by atoms with Gasteiger partial charge in [-0.1, -0.05) is 26.0 Å². The number of furan rings is 2. The third kappa shape index (κ3) is 4.75. The molecule has 0 atom stereocenters. The summed E-state index contributed by atoms with van der Waals surface area (Å²) in [6.07, 6.45) is 1.08. The molecule has 0 saturated carbocycles. The molecule has 6 rings (SSSR count). The number of ketones is 1. The first-order chi connectivity index (χ1) is 20.1. The minimum absolute atomic E-state index is 0.129. The van der Waals surface area contributed by atoms with Crippen molar-refractivity contribution in [1.82, 2.24) is 0 Å². The highest BCUT2D eigenvalue weighted by atomic mass is 79.9. The fourth-order valence-corrected chi connectivity index (χ4v) is 7.10. The Bertz CT molecular complexity index is 1910. The first kappa shape index (κ1) is 29.2. The van der Waals surface area contributed by atoms with Crippen LogP contribution in [0.5, 0.6) is 11.5 Å². The molecule has 0 saturated heterocycles. The summed E-state index contributed by atoms with van der Waals surface area (Å²) in [7, 11) is 0. The van der Waals surface area contributed by atoms with Gasteiger partial charge in [-0.3, -0.25) is 4.79 Å². The van der Waals surface area contributed by atoms with Crippen molar-refractivity contribution >= 4 is 91.4 Å². The highest BCUT2D eigenvalue weighted by Gasteiger charge is 2.28. The number of phenolic OH excluding ortho intramolecular Hbond substituents is 2. The lowest BCUT2D eigenvalue weighted by atomic mass is 9.93. The van der Waals surface area contributed by atoms with Gasteiger partial charge in [0, 0.05) is 32.6 Å². The van der Waals surface area contributed by atoms with E-state index in [1.165, 1.54) is 0 Å². The van der Waals surface area contributed by atoms with Crippen LogP contribution in [-0.4, -0.2) is 16.0 Å². The summed E-state index contributed by atoms with van der Waals surface area (Å²) >= 11 is 14.0. The van der Waals surface area contributed by atoms with Gasteiger partial charge in [0.15, 0.2) is 0 Å². The van der Waals surface area contributed by atoms with Gasteiger partial charge in [-0.15, -0.1) is 0 Å². The number of aryl methyl sites for hydroxylation is 2. The largest absolute Gasteiger partial charge is 0.507 e. The summed E-state index contributed by atoms with van der Waals surface area (Å²) in [4.78, 5) is 14.6. The molecule has 5 nitrogen and oxygen atoms in total. The summed E-state index contributed by atoms with van der Waals surface area (Å²) < 4.78 is 14.9. The van der Waals surface area contributed by atoms with Gasteiger partial charge in [0.05, 0.1) is 20.1 Å². The average molecular weight is 818 g/mol. The third-order valence-electron chi connectivity index (χ3n) is 7.36. The van der Waals surface area contributed by atoms with Gasteiger partial charge in [0.1, 0.15) is 34.2 Å². The molecule has 9 heteroatoms. The van der Waals surface area contributed by atoms with Crippen LogP contribution in [0.4, 0.5) is 0 Å². The fraction of sp³-hybridized carbons (Fsp3) is 0.121. The Balaban J connectivity index is 1.56. The second-order valence-corrected chi connectivity index (χ2v) is 13.0. The van der Waals surface area contributed by atoms with Crippen LogP contribution in [0.2, 0.25) is 0 Å². The van der Waals surface area contributed by atoms with Crippen LogP contribution in [0.15, 0.2) is 87.4 Å². The smallest absolute Gasteiger partial charge is 0.201 e. The van der Waals surface area contributed by atoms with E-state index in [1.54, 1.807) is 12.1 Å². The van der Waals surface area contributed by atoms with Crippen LogP contribution in [0, 0.1) is 0 Å². The van der Waals surface area contributed by atoms with Crippen LogP contribution in [0.25, 0.3) is 44.2 Å². The number of benzene rings is 4. The summed E-state index contributed by atoms with van der Waals surface area (Å²) in [6.45, 7) is 3.94. The molecule has 0 aliphatic carbocycles. The van der Waals surface area contributed by atoms with Crippen LogP contribution in [0.1, 0.15) is 41.3 Å². The number of hydrogen-bond donors (Lipinski definition) is 2. The van der Waals surface area contributed by atoms with E-state index in [9.17, 15) is 15.0 Å². The van der Waals surface area contributed by atoms with E-state index in [0.717, 1.165) is 22.3 Å². The first-order valence-electron chi connectivity index (χ1n) is 13.1. The molecule has 0 amide bonds. The van der Waals surface area contributed by atoms with Crippen LogP contribution in [0.3, 0.4) is 0 Å². The zero-order chi connectivity index (χ0) is 29.9. The zero-order valence-corrected chi connectivity index (χ0v) is 28.7. The number of hydrogen-bond acceptors (Lipinski definition) is 5. The predicted octanol–water partition coefficient (Wildman–Crippen LogP) is 11.3. The van der Waals surface area contributed by atoms with E-state index >= 15 is 0 Å². The Kier molecular flexibility index (Phi) is 7.89. The average Bonchev–Trinajstić information content (AvgIpc) is 3.56. The number of halogens is 4. The molecule has 2 N–H and O–H groups in total. The van der Waals surface area contributed by atoms with Gasteiger partial charge in [-0.2, -0.15) is 0 Å². The quantitative estimate of drug-likeness (QED) is 0.164. The van der Waals surface area contributed by atoms with E-state index in [1.807, 2.05) is 62.4 Å². The molecule has 0 fully saturated rings. The maximum atomic E-state index is 14.6. The highest BCUT2D eigenvalue weighted by Crippen LogP contribution is 2.43. The minimum atomic E-state index is -0.160. The molecule has 6 aromatic rings. The molecule has 0 radical (unpaired) electrons. The molecule has 2 aromatic heterocycles. The van der Waals surface area contributed by atoms with Crippen molar-refractivity contribution in [3.63, 3.8) is 0 Å². The van der Waals surface area contributed by atoms with Crippen molar-refractivity contribution < 1.29 is 23.8 Å². The number of phenols is 2. The van der Waals surface area contributed by atoms with Crippen molar-refractivity contribution in [3.05, 3.63) is 101 Å². The fourth-order valence-electron chi connectivity index (χ4n) is 5.28. The Labute approximate surface area is 275 Å². The molecular weight excluding hydrogens is 796 g/mol. The lowest BCUT2D eigenvalue weighted by Gasteiger charge is -2.09. The van der Waals surface area contributed by atoms with E-state index in [2.05, 4.69) is 63.7 Å². The first-order valence-corrected chi connectivity index (χ1v) is 16.3. The third-order valence-corrected chi connectivity index (χ3v) is 11.7. The summed E-state index contributed by atoms with van der Waals surface area (Å²) in [6, 6.07) is 18.4. The van der Waals surface area contributed by atoms with Gasteiger partial charge in [0.25, 0.3) is 0 Å². The van der Waals surface area contributed by atoms with Crippen LogP contribution >= 0.6 is 63.7 Å². The Morgan fingerprint density at radius 2 is 1.02 bits per heavy atom. The lowest BCUT2D eigenvalue weighted by Crippen LogP contribution is -2.05. The molecule has 42 heavy (non-hydrogen) atoms. The van der Waals surface area contributed by atoms with Crippen molar-refractivity contribution in [3.8, 4) is 33.8 Å². The molecular formula is C33H22Br4O5. The standard InChI is InChI=1S/C33H22Br4O5/c1-3-23-27(19-13-15(5-11-25(19)41-23)17-7-9-21(38)31(36)29(17)34)33(40)28-20-14-16(6-12-26(20)42-24(28)4-2)18-8-10-22(39)32(37)30(18)35/h5-14,38-39H,3-4H2,1-2H3. The van der Waals surface area contributed by atoms with Gasteiger partial charge in [-0.25, -0.2) is 0 Å². The molecule has 212 valence electrons. The molecule has 0 spiro atoms. The maximum absolute atomic E-state index is 14.6. The van der Waals surface area contributed by atoms with E-state index in [-0.39, 0.29) is 17.3 Å². The van der Waals surface area contributed by atoms with Crippen molar-refractivity contribution in [1.29, 1.82) is 0 Å². The van der Waals surface area contributed by atoms with Crippen molar-refractivity contribution in [2.24, 2.45) is 0 Å². The highest BCUT2D eigenvalue weighted by molar-refractivity contribution is 9.13. The predicted molar refractivity (Wildman–Crippen MR) is 180 cm³/mol. The molecule has 0 aliphatic rings. The number of rotatable bonds is 6. The second kappa shape index (κ2) is 11.3. The van der Waals surface area contributed by atoms with Crippen LogP contribution < -0.4 is 0 Å². The Morgan fingerprint density at radius 3 is 1.40 bits per heavy atom. The Morgan fingerprint density at radius 1 is 0.619 bits per heavy atom. The second-order valence-electron chi connectivity index (χ2n) is 9.78. The van der Waals surface area contributed by atoms with Crippen molar-refractivity contribution in [2.45, 2.75) is 26.7 Å². The summed E-state index contributed by atoms with van der Waals surface area (Å²) in [5.74, 6) is 1.31. The maximum Gasteiger partial charge on any atom is 0.201 e. The van der Waals surface area contributed by atoms with Gasteiger partial charge in [-0.05, 0) is 135 Å². The minimum Gasteiger partial charge on any atom is -0.507 e. The number of carbonyl (C=O) groups excluding carboxylic acids is 1. The van der Waals surface area contributed by atoms with E-state index in [4.69, 9.17) is 8.83 Å². The topological polar surface area (TPSA) is 83.8 Å². The summed E-state index contributed by atoms with van der Waals surface area (Å²) in [5, 5.41) is 21.6.